The van der Waals surface area contributed by atoms with Crippen LogP contribution < -0.4 is 5.32 Å². The Bertz CT molecular complexity index is 906. The molecule has 0 atom stereocenters. The lowest BCUT2D eigenvalue weighted by Gasteiger charge is -2.02. The highest BCUT2D eigenvalue weighted by atomic mass is 32.1. The molecule has 0 saturated carbocycles. The third-order valence-electron chi connectivity index (χ3n) is 3.70. The molecule has 0 aliphatic rings. The first-order chi connectivity index (χ1) is 11.5. The number of amides is 1. The van der Waals surface area contributed by atoms with Crippen LogP contribution in [0.1, 0.15) is 22.6 Å². The Morgan fingerprint density at radius 3 is 2.71 bits per heavy atom. The Hall–Kier alpha value is -2.66. The molecule has 3 aromatic rings. The third kappa shape index (κ3) is 3.81. The molecular weight excluding hydrogens is 320 g/mol. The lowest BCUT2D eigenvalue weighted by atomic mass is 10.1. The molecule has 0 aliphatic carbocycles. The molecule has 0 radical (unpaired) electrons. The van der Waals surface area contributed by atoms with E-state index in [1.807, 2.05) is 30.5 Å². The van der Waals surface area contributed by atoms with E-state index >= 15 is 0 Å². The zero-order chi connectivity index (χ0) is 17.1. The van der Waals surface area contributed by atoms with Crippen molar-refractivity contribution in [2.24, 2.45) is 0 Å². The number of hydrogen-bond donors (Lipinski definition) is 1. The molecule has 0 aliphatic heterocycles. The number of hydrogen-bond acceptors (Lipinski definition) is 4. The van der Waals surface area contributed by atoms with E-state index in [0.29, 0.717) is 10.9 Å². The Morgan fingerprint density at radius 2 is 2.00 bits per heavy atom. The van der Waals surface area contributed by atoms with Crippen LogP contribution >= 0.6 is 11.3 Å². The van der Waals surface area contributed by atoms with Crippen molar-refractivity contribution in [1.29, 1.82) is 0 Å². The predicted molar refractivity (Wildman–Crippen MR) is 98.1 cm³/mol. The fourth-order valence-electron chi connectivity index (χ4n) is 2.21. The second-order valence-corrected chi connectivity index (χ2v) is 6.47. The van der Waals surface area contributed by atoms with Gasteiger partial charge in [-0.2, -0.15) is 0 Å². The van der Waals surface area contributed by atoms with Crippen molar-refractivity contribution in [3.05, 3.63) is 64.4 Å². The summed E-state index contributed by atoms with van der Waals surface area (Å²) in [4.78, 5) is 16.4. The summed E-state index contributed by atoms with van der Waals surface area (Å²) < 4.78 is 5.39. The van der Waals surface area contributed by atoms with Crippen molar-refractivity contribution >= 4 is 28.5 Å². The molecule has 1 N–H and O–H groups in total. The summed E-state index contributed by atoms with van der Waals surface area (Å²) in [5, 5.41) is 5.30. The number of thiazole rings is 1. The zero-order valence-electron chi connectivity index (χ0n) is 13.8. The summed E-state index contributed by atoms with van der Waals surface area (Å²) in [6.07, 6.45) is 3.08. The Morgan fingerprint density at radius 1 is 1.17 bits per heavy atom. The molecule has 122 valence electrons. The van der Waals surface area contributed by atoms with Gasteiger partial charge in [0.25, 0.3) is 0 Å². The van der Waals surface area contributed by atoms with Gasteiger partial charge < -0.3 is 4.42 Å². The van der Waals surface area contributed by atoms with Crippen LogP contribution in [0.5, 0.6) is 0 Å². The van der Waals surface area contributed by atoms with Crippen LogP contribution in [0.3, 0.4) is 0 Å². The molecule has 0 fully saturated rings. The van der Waals surface area contributed by atoms with E-state index < -0.39 is 0 Å². The van der Waals surface area contributed by atoms with Crippen molar-refractivity contribution < 1.29 is 9.21 Å². The van der Waals surface area contributed by atoms with Gasteiger partial charge in [-0.1, -0.05) is 12.1 Å². The molecule has 0 spiro atoms. The summed E-state index contributed by atoms with van der Waals surface area (Å²) in [6, 6.07) is 9.90. The van der Waals surface area contributed by atoms with E-state index in [1.165, 1.54) is 28.5 Å². The van der Waals surface area contributed by atoms with Gasteiger partial charge >= 0.3 is 0 Å². The molecule has 1 aromatic carbocycles. The van der Waals surface area contributed by atoms with Gasteiger partial charge in [0.1, 0.15) is 11.5 Å². The molecule has 0 unspecified atom stereocenters. The van der Waals surface area contributed by atoms with Gasteiger partial charge in [-0.15, -0.1) is 11.3 Å². The van der Waals surface area contributed by atoms with Crippen LogP contribution in [0, 0.1) is 20.8 Å². The second kappa shape index (κ2) is 6.84. The molecule has 3 rings (SSSR count). The number of carbonyl (C=O) groups excluding carboxylic acids is 1. The lowest BCUT2D eigenvalue weighted by molar-refractivity contribution is -0.111. The van der Waals surface area contributed by atoms with Gasteiger partial charge in [0.2, 0.25) is 5.91 Å². The highest BCUT2D eigenvalue weighted by Crippen LogP contribution is 2.26. The van der Waals surface area contributed by atoms with Gasteiger partial charge in [0, 0.05) is 17.0 Å². The van der Waals surface area contributed by atoms with Gasteiger partial charge in [-0.3, -0.25) is 10.1 Å². The quantitative estimate of drug-likeness (QED) is 0.683. The summed E-state index contributed by atoms with van der Waals surface area (Å²) in [6.45, 7) is 6.02. The van der Waals surface area contributed by atoms with E-state index in [1.54, 1.807) is 6.08 Å². The monoisotopic (exact) mass is 338 g/mol. The second-order valence-electron chi connectivity index (χ2n) is 5.61. The molecule has 5 heteroatoms. The number of nitrogens with one attached hydrogen (secondary N) is 1. The average molecular weight is 338 g/mol. The standard InChI is InChI=1S/C19H18N2O2S/c1-12-4-6-15(10-13(12)2)17-11-24-19(20-17)21-18(22)9-8-16-7-5-14(3)23-16/h4-11H,1-3H3,(H,20,21,22). The molecular formula is C19H18N2O2S. The van der Waals surface area contributed by atoms with Crippen LogP contribution in [0.25, 0.3) is 17.3 Å². The maximum absolute atomic E-state index is 12.0. The summed E-state index contributed by atoms with van der Waals surface area (Å²) in [7, 11) is 0. The molecule has 0 saturated heterocycles. The van der Waals surface area contributed by atoms with Crippen LogP contribution in [0.4, 0.5) is 5.13 Å². The highest BCUT2D eigenvalue weighted by Gasteiger charge is 2.07. The topological polar surface area (TPSA) is 55.1 Å². The molecule has 0 bridgehead atoms. The first-order valence-corrected chi connectivity index (χ1v) is 8.48. The summed E-state index contributed by atoms with van der Waals surface area (Å²) in [5.41, 5.74) is 4.39. The number of nitrogens with zero attached hydrogens (tertiary/aromatic N) is 1. The first kappa shape index (κ1) is 16.2. The minimum atomic E-state index is -0.231. The van der Waals surface area contributed by atoms with E-state index in [0.717, 1.165) is 17.0 Å². The number of anilines is 1. The molecule has 4 nitrogen and oxygen atoms in total. The Kier molecular flexibility index (Phi) is 4.62. The summed E-state index contributed by atoms with van der Waals surface area (Å²) >= 11 is 1.41. The van der Waals surface area contributed by atoms with Crippen LogP contribution in [-0.4, -0.2) is 10.9 Å². The average Bonchev–Trinajstić information content (AvgIpc) is 3.17. The fourth-order valence-corrected chi connectivity index (χ4v) is 2.93. The van der Waals surface area contributed by atoms with Gasteiger partial charge in [-0.25, -0.2) is 4.98 Å². The molecule has 2 aromatic heterocycles. The zero-order valence-corrected chi connectivity index (χ0v) is 14.6. The van der Waals surface area contributed by atoms with Crippen LogP contribution in [-0.2, 0) is 4.79 Å². The van der Waals surface area contributed by atoms with Gasteiger partial charge in [0.15, 0.2) is 5.13 Å². The van der Waals surface area contributed by atoms with Crippen molar-refractivity contribution in [1.82, 2.24) is 4.98 Å². The number of furan rings is 1. The number of benzene rings is 1. The third-order valence-corrected chi connectivity index (χ3v) is 4.45. The fraction of sp³-hybridized carbons (Fsp3) is 0.158. The molecule has 1 amide bonds. The minimum Gasteiger partial charge on any atom is -0.462 e. The Balaban J connectivity index is 1.68. The maximum atomic E-state index is 12.0. The van der Waals surface area contributed by atoms with E-state index in [9.17, 15) is 4.79 Å². The van der Waals surface area contributed by atoms with Crippen LogP contribution in [0.2, 0.25) is 0 Å². The smallest absolute Gasteiger partial charge is 0.250 e. The van der Waals surface area contributed by atoms with E-state index in [4.69, 9.17) is 4.42 Å². The number of rotatable bonds is 4. The van der Waals surface area contributed by atoms with Crippen molar-refractivity contribution in [3.63, 3.8) is 0 Å². The Labute approximate surface area is 144 Å². The number of aromatic nitrogens is 1. The normalized spacial score (nSPS) is 11.1. The predicted octanol–water partition coefficient (Wildman–Crippen LogP) is 4.98. The summed E-state index contributed by atoms with van der Waals surface area (Å²) in [5.74, 6) is 1.23. The largest absolute Gasteiger partial charge is 0.462 e. The van der Waals surface area contributed by atoms with Crippen molar-refractivity contribution in [2.75, 3.05) is 5.32 Å². The lowest BCUT2D eigenvalue weighted by Crippen LogP contribution is -2.07. The first-order valence-electron chi connectivity index (χ1n) is 7.60. The molecule has 2 heterocycles. The molecule has 24 heavy (non-hydrogen) atoms. The maximum Gasteiger partial charge on any atom is 0.250 e. The van der Waals surface area contributed by atoms with Gasteiger partial charge in [-0.05, 0) is 56.2 Å². The van der Waals surface area contributed by atoms with Crippen molar-refractivity contribution in [2.45, 2.75) is 20.8 Å². The minimum absolute atomic E-state index is 0.231. The van der Waals surface area contributed by atoms with Crippen molar-refractivity contribution in [3.8, 4) is 11.3 Å². The van der Waals surface area contributed by atoms with Crippen LogP contribution in [0.15, 0.2) is 46.2 Å². The van der Waals surface area contributed by atoms with E-state index in [-0.39, 0.29) is 5.91 Å². The SMILES string of the molecule is Cc1ccc(C=CC(=O)Nc2nc(-c3ccc(C)c(C)c3)cs2)o1. The van der Waals surface area contributed by atoms with E-state index in [2.05, 4.69) is 36.3 Å². The van der Waals surface area contributed by atoms with Gasteiger partial charge in [0.05, 0.1) is 5.69 Å². The number of aryl methyl sites for hydroxylation is 3. The highest BCUT2D eigenvalue weighted by molar-refractivity contribution is 7.14. The number of carbonyl (C=O) groups is 1.